The molecule has 0 atom stereocenters. The number of piperidine rings is 1. The minimum Gasteiger partial charge on any atom is -0.396 e. The van der Waals surface area contributed by atoms with Crippen LogP contribution < -0.4 is 15.8 Å². The van der Waals surface area contributed by atoms with Crippen molar-refractivity contribution in [1.82, 2.24) is 9.55 Å². The summed E-state index contributed by atoms with van der Waals surface area (Å²) in [5, 5.41) is 13.0. The number of benzene rings is 1. The van der Waals surface area contributed by atoms with E-state index in [2.05, 4.69) is 27.3 Å². The molecule has 0 amide bonds. The molecule has 3 aromatic rings. The van der Waals surface area contributed by atoms with Crippen LogP contribution in [-0.2, 0) is 0 Å². The van der Waals surface area contributed by atoms with Crippen LogP contribution in [0.5, 0.6) is 0 Å². The van der Waals surface area contributed by atoms with E-state index < -0.39 is 11.4 Å². The van der Waals surface area contributed by atoms with Crippen LogP contribution in [0.4, 0.5) is 21.6 Å². The molecular formula is C27H33FN4O2. The Labute approximate surface area is 199 Å². The standard InChI is InChI=1S/C27H33FN4O2/c28-24-16-20-18-29-26(17-25(20)32(27(24)34)23-5-1-2-6-23)30-21-7-9-22(10-8-21)31-13-11-19(12-14-31)4-3-15-33/h7-10,16-19,23,33H,1-6,11-15H2,(H,29,30). The van der Waals surface area contributed by atoms with E-state index in [1.807, 2.05) is 18.2 Å². The highest BCUT2D eigenvalue weighted by Gasteiger charge is 2.22. The zero-order valence-corrected chi connectivity index (χ0v) is 19.5. The normalized spacial score (nSPS) is 17.5. The van der Waals surface area contributed by atoms with Crippen LogP contribution in [0, 0.1) is 11.7 Å². The maximum atomic E-state index is 14.3. The topological polar surface area (TPSA) is 70.4 Å². The smallest absolute Gasteiger partial charge is 0.287 e. The van der Waals surface area contributed by atoms with Crippen LogP contribution in [-0.4, -0.2) is 34.4 Å². The molecule has 180 valence electrons. The fourth-order valence-electron chi connectivity index (χ4n) is 5.55. The van der Waals surface area contributed by atoms with E-state index in [4.69, 9.17) is 5.11 Å². The molecule has 0 bridgehead atoms. The Hall–Kier alpha value is -2.93. The molecule has 1 aliphatic carbocycles. The van der Waals surface area contributed by atoms with Crippen molar-refractivity contribution < 1.29 is 9.50 Å². The first-order valence-corrected chi connectivity index (χ1v) is 12.6. The highest BCUT2D eigenvalue weighted by atomic mass is 19.1. The third-order valence-corrected chi connectivity index (χ3v) is 7.46. The third-order valence-electron chi connectivity index (χ3n) is 7.46. The molecule has 2 N–H and O–H groups in total. The van der Waals surface area contributed by atoms with Crippen LogP contribution in [0.1, 0.15) is 57.4 Å². The monoisotopic (exact) mass is 464 g/mol. The molecule has 2 aliphatic rings. The fourth-order valence-corrected chi connectivity index (χ4v) is 5.55. The van der Waals surface area contributed by atoms with E-state index in [9.17, 15) is 9.18 Å². The highest BCUT2D eigenvalue weighted by Crippen LogP contribution is 2.32. The van der Waals surface area contributed by atoms with Gasteiger partial charge in [0.2, 0.25) is 0 Å². The van der Waals surface area contributed by atoms with E-state index in [1.54, 1.807) is 10.8 Å². The largest absolute Gasteiger partial charge is 0.396 e. The second-order valence-corrected chi connectivity index (χ2v) is 9.70. The molecule has 1 saturated heterocycles. The van der Waals surface area contributed by atoms with Crippen LogP contribution >= 0.6 is 0 Å². The summed E-state index contributed by atoms with van der Waals surface area (Å²) in [6.07, 6.45) is 9.95. The molecule has 1 aromatic carbocycles. The van der Waals surface area contributed by atoms with Crippen molar-refractivity contribution >= 4 is 28.1 Å². The van der Waals surface area contributed by atoms with E-state index in [0.717, 1.165) is 68.7 Å². The van der Waals surface area contributed by atoms with Crippen molar-refractivity contribution in [3.63, 3.8) is 0 Å². The maximum absolute atomic E-state index is 14.3. The number of rotatable bonds is 7. The zero-order chi connectivity index (χ0) is 23.5. The van der Waals surface area contributed by atoms with Gasteiger partial charge in [0.1, 0.15) is 5.82 Å². The predicted octanol–water partition coefficient (Wildman–Crippen LogP) is 5.38. The quantitative estimate of drug-likeness (QED) is 0.491. The first-order chi connectivity index (χ1) is 16.6. The first kappa shape index (κ1) is 22.8. The molecule has 0 unspecified atom stereocenters. The van der Waals surface area contributed by atoms with Crippen molar-refractivity contribution in [2.24, 2.45) is 5.92 Å². The molecule has 1 saturated carbocycles. The van der Waals surface area contributed by atoms with Crippen LogP contribution in [0.2, 0.25) is 0 Å². The summed E-state index contributed by atoms with van der Waals surface area (Å²) in [7, 11) is 0. The van der Waals surface area contributed by atoms with Crippen LogP contribution in [0.25, 0.3) is 10.9 Å². The average molecular weight is 465 g/mol. The van der Waals surface area contributed by atoms with Gasteiger partial charge in [-0.25, -0.2) is 9.37 Å². The summed E-state index contributed by atoms with van der Waals surface area (Å²) in [5.41, 5.74) is 2.33. The number of fused-ring (bicyclic) bond motifs is 1. The number of aliphatic hydroxyl groups excluding tert-OH is 1. The molecule has 6 nitrogen and oxygen atoms in total. The highest BCUT2D eigenvalue weighted by molar-refractivity contribution is 5.81. The van der Waals surface area contributed by atoms with Crippen molar-refractivity contribution in [2.75, 3.05) is 29.9 Å². The van der Waals surface area contributed by atoms with Crippen molar-refractivity contribution in [3.05, 3.63) is 58.8 Å². The Bertz CT molecular complexity index is 1180. The van der Waals surface area contributed by atoms with Crippen LogP contribution in [0.15, 0.2) is 47.4 Å². The van der Waals surface area contributed by atoms with Crippen molar-refractivity contribution in [1.29, 1.82) is 0 Å². The van der Waals surface area contributed by atoms with Crippen molar-refractivity contribution in [3.8, 4) is 0 Å². The van der Waals surface area contributed by atoms with Gasteiger partial charge in [-0.2, -0.15) is 0 Å². The van der Waals surface area contributed by atoms with Gasteiger partial charge in [-0.05, 0) is 74.8 Å². The third kappa shape index (κ3) is 4.80. The molecule has 34 heavy (non-hydrogen) atoms. The molecule has 7 heteroatoms. The molecular weight excluding hydrogens is 431 g/mol. The van der Waals surface area contributed by atoms with E-state index >= 15 is 0 Å². The van der Waals surface area contributed by atoms with Gasteiger partial charge in [-0.15, -0.1) is 0 Å². The van der Waals surface area contributed by atoms with E-state index in [0.29, 0.717) is 11.2 Å². The second kappa shape index (κ2) is 10.1. The summed E-state index contributed by atoms with van der Waals surface area (Å²) in [4.78, 5) is 19.5. The van der Waals surface area contributed by atoms with Gasteiger partial charge >= 0.3 is 0 Å². The Morgan fingerprint density at radius 2 is 1.79 bits per heavy atom. The van der Waals surface area contributed by atoms with Gasteiger partial charge in [0.05, 0.1) is 5.52 Å². The molecule has 2 fully saturated rings. The Kier molecular flexibility index (Phi) is 6.81. The molecule has 0 radical (unpaired) electrons. The number of pyridine rings is 2. The second-order valence-electron chi connectivity index (χ2n) is 9.70. The summed E-state index contributed by atoms with van der Waals surface area (Å²) in [5.74, 6) is 0.649. The molecule has 0 spiro atoms. The first-order valence-electron chi connectivity index (χ1n) is 12.6. The lowest BCUT2D eigenvalue weighted by Crippen LogP contribution is -2.33. The number of hydrogen-bond acceptors (Lipinski definition) is 5. The summed E-state index contributed by atoms with van der Waals surface area (Å²) >= 11 is 0. The van der Waals surface area contributed by atoms with Gasteiger partial charge in [-0.1, -0.05) is 12.8 Å². The SMILES string of the molecule is O=c1c(F)cc2cnc(Nc3ccc(N4CCC(CCCO)CC4)cc3)cc2n1C1CCCC1. The summed E-state index contributed by atoms with van der Waals surface area (Å²) in [6, 6.07) is 11.6. The van der Waals surface area contributed by atoms with Gasteiger partial charge in [0.25, 0.3) is 5.56 Å². The minimum absolute atomic E-state index is 0.0491. The molecule has 5 rings (SSSR count). The Morgan fingerprint density at radius 3 is 2.50 bits per heavy atom. The van der Waals surface area contributed by atoms with E-state index in [-0.39, 0.29) is 12.6 Å². The summed E-state index contributed by atoms with van der Waals surface area (Å²) < 4.78 is 15.9. The average Bonchev–Trinajstić information content (AvgIpc) is 3.39. The number of aliphatic hydroxyl groups is 1. The predicted molar refractivity (Wildman–Crippen MR) is 134 cm³/mol. The lowest BCUT2D eigenvalue weighted by molar-refractivity contribution is 0.261. The lowest BCUT2D eigenvalue weighted by Gasteiger charge is -2.33. The molecule has 2 aromatic heterocycles. The van der Waals surface area contributed by atoms with Crippen molar-refractivity contribution in [2.45, 2.75) is 57.4 Å². The maximum Gasteiger partial charge on any atom is 0.287 e. The van der Waals surface area contributed by atoms with E-state index in [1.165, 1.54) is 24.6 Å². The Balaban J connectivity index is 1.31. The number of anilines is 3. The van der Waals surface area contributed by atoms with Gasteiger partial charge < -0.3 is 19.9 Å². The number of aromatic nitrogens is 2. The number of nitrogens with zero attached hydrogens (tertiary/aromatic N) is 3. The molecule has 1 aliphatic heterocycles. The van der Waals surface area contributed by atoms with Gasteiger partial charge in [0, 0.05) is 54.8 Å². The number of halogens is 1. The zero-order valence-electron chi connectivity index (χ0n) is 19.5. The lowest BCUT2D eigenvalue weighted by atomic mass is 9.92. The van der Waals surface area contributed by atoms with Crippen LogP contribution in [0.3, 0.4) is 0 Å². The number of nitrogens with one attached hydrogen (secondary N) is 1. The van der Waals surface area contributed by atoms with Gasteiger partial charge in [0.15, 0.2) is 5.82 Å². The fraction of sp³-hybridized carbons (Fsp3) is 0.481. The molecule has 3 heterocycles. The minimum atomic E-state index is -0.713. The number of hydrogen-bond donors (Lipinski definition) is 2. The Morgan fingerprint density at radius 1 is 1.06 bits per heavy atom. The summed E-state index contributed by atoms with van der Waals surface area (Å²) in [6.45, 7) is 2.38. The van der Waals surface area contributed by atoms with Gasteiger partial charge in [-0.3, -0.25) is 4.79 Å².